The number of Topliss-reactive ketones (excluding diaryl/α,β-unsaturated/α-hetero) is 1. The lowest BCUT2D eigenvalue weighted by Gasteiger charge is -2.21. The Morgan fingerprint density at radius 3 is 2.39 bits per heavy atom. The average Bonchev–Trinajstić information content (AvgIpc) is 2.52. The molecule has 1 aliphatic rings. The third-order valence-corrected chi connectivity index (χ3v) is 4.42. The van der Waals surface area contributed by atoms with Crippen LogP contribution in [0.15, 0.2) is 65.3 Å². The van der Waals surface area contributed by atoms with Crippen LogP contribution in [0.2, 0.25) is 0 Å². The van der Waals surface area contributed by atoms with Crippen molar-refractivity contribution in [3.63, 3.8) is 0 Å². The van der Waals surface area contributed by atoms with E-state index in [1.807, 2.05) is 31.2 Å². The van der Waals surface area contributed by atoms with Crippen LogP contribution in [-0.2, 0) is 0 Å². The fourth-order valence-electron chi connectivity index (χ4n) is 2.87. The summed E-state index contributed by atoms with van der Waals surface area (Å²) in [5.41, 5.74) is 7.34. The minimum Gasteiger partial charge on any atom is -0.289 e. The smallest absolute Gasteiger partial charge is 0.190 e. The summed E-state index contributed by atoms with van der Waals surface area (Å²) in [4.78, 5) is 12.8. The lowest BCUT2D eigenvalue weighted by molar-refractivity contribution is 0.103. The van der Waals surface area contributed by atoms with Crippen molar-refractivity contribution in [2.45, 2.75) is 47.0 Å². The first-order valence-electron chi connectivity index (χ1n) is 8.24. The molecule has 0 saturated heterocycles. The van der Waals surface area contributed by atoms with Crippen LogP contribution < -0.4 is 0 Å². The molecule has 1 aromatic carbocycles. The molecule has 0 fully saturated rings. The fourth-order valence-corrected chi connectivity index (χ4v) is 2.87. The van der Waals surface area contributed by atoms with Gasteiger partial charge in [-0.15, -0.1) is 0 Å². The van der Waals surface area contributed by atoms with Gasteiger partial charge in [-0.3, -0.25) is 4.79 Å². The van der Waals surface area contributed by atoms with E-state index in [2.05, 4.69) is 39.5 Å². The molecule has 0 saturated carbocycles. The van der Waals surface area contributed by atoms with E-state index in [0.29, 0.717) is 6.42 Å². The van der Waals surface area contributed by atoms with Crippen molar-refractivity contribution in [1.29, 1.82) is 0 Å². The molecule has 1 heteroatoms. The first-order chi connectivity index (χ1) is 10.9. The highest BCUT2D eigenvalue weighted by Gasteiger charge is 2.25. The highest BCUT2D eigenvalue weighted by Crippen LogP contribution is 2.35. The molecule has 2 rings (SSSR count). The van der Waals surface area contributed by atoms with Crippen molar-refractivity contribution < 1.29 is 4.79 Å². The summed E-state index contributed by atoms with van der Waals surface area (Å²) in [6.07, 6.45) is 7.25. The molecule has 0 unspecified atom stereocenters. The normalized spacial score (nSPS) is 14.9. The molecule has 0 N–H and O–H groups in total. The molecule has 1 aromatic rings. The Hall–Kier alpha value is -2.15. The molecule has 1 aliphatic carbocycles. The van der Waals surface area contributed by atoms with Gasteiger partial charge in [0.05, 0.1) is 0 Å². The van der Waals surface area contributed by atoms with E-state index >= 15 is 0 Å². The highest BCUT2D eigenvalue weighted by molar-refractivity contribution is 6.17. The van der Waals surface area contributed by atoms with Crippen molar-refractivity contribution in [2.24, 2.45) is 0 Å². The Kier molecular flexibility index (Phi) is 5.54. The predicted molar refractivity (Wildman–Crippen MR) is 99.5 cm³/mol. The molecule has 0 heterocycles. The second kappa shape index (κ2) is 7.41. The van der Waals surface area contributed by atoms with E-state index in [0.717, 1.165) is 40.7 Å². The van der Waals surface area contributed by atoms with Gasteiger partial charge < -0.3 is 0 Å². The molecule has 0 aromatic heterocycles. The number of fused-ring (bicyclic) bond motifs is 1. The van der Waals surface area contributed by atoms with Gasteiger partial charge in [0.1, 0.15) is 0 Å². The van der Waals surface area contributed by atoms with Crippen LogP contribution in [0.25, 0.3) is 5.57 Å². The van der Waals surface area contributed by atoms with Gasteiger partial charge in [-0.25, -0.2) is 0 Å². The van der Waals surface area contributed by atoms with Crippen LogP contribution in [0.1, 0.15) is 62.9 Å². The summed E-state index contributed by atoms with van der Waals surface area (Å²) in [7, 11) is 0. The highest BCUT2D eigenvalue weighted by atomic mass is 16.1. The third kappa shape index (κ3) is 3.98. The minimum atomic E-state index is 0.152. The average molecular weight is 306 g/mol. The zero-order valence-electron chi connectivity index (χ0n) is 14.7. The second-order valence-electron chi connectivity index (χ2n) is 6.53. The van der Waals surface area contributed by atoms with E-state index < -0.39 is 0 Å². The van der Waals surface area contributed by atoms with Gasteiger partial charge in [0.2, 0.25) is 0 Å². The van der Waals surface area contributed by atoms with Crippen LogP contribution >= 0.6 is 0 Å². The Morgan fingerprint density at radius 1 is 1.09 bits per heavy atom. The molecule has 23 heavy (non-hydrogen) atoms. The van der Waals surface area contributed by atoms with Crippen molar-refractivity contribution in [3.05, 3.63) is 76.4 Å². The van der Waals surface area contributed by atoms with E-state index in [-0.39, 0.29) is 5.78 Å². The number of hydrogen-bond donors (Lipinski definition) is 0. The van der Waals surface area contributed by atoms with Crippen molar-refractivity contribution in [2.75, 3.05) is 0 Å². The zero-order valence-corrected chi connectivity index (χ0v) is 14.7. The van der Waals surface area contributed by atoms with E-state index in [1.165, 1.54) is 11.1 Å². The summed E-state index contributed by atoms with van der Waals surface area (Å²) in [6, 6.07) is 7.77. The molecule has 0 aliphatic heterocycles. The maximum Gasteiger partial charge on any atom is 0.190 e. The minimum absolute atomic E-state index is 0.152. The standard InChI is InChI=1S/C22H26O/c1-15(2)9-8-10-16(3)13-14-20-18(5)17(4)19-11-6-7-12-21(19)22(20)23/h6-7,9,11-13H,4,8,10,14H2,1-3,5H3/b16-13+. The van der Waals surface area contributed by atoms with E-state index in [1.54, 1.807) is 0 Å². The Bertz CT molecular complexity index is 722. The number of hydrogen-bond acceptors (Lipinski definition) is 1. The van der Waals surface area contributed by atoms with Gasteiger partial charge in [0.25, 0.3) is 0 Å². The van der Waals surface area contributed by atoms with Crippen LogP contribution in [0, 0.1) is 0 Å². The lowest BCUT2D eigenvalue weighted by Crippen LogP contribution is -2.14. The van der Waals surface area contributed by atoms with Gasteiger partial charge in [0, 0.05) is 11.1 Å². The molecule has 0 spiro atoms. The van der Waals surface area contributed by atoms with Crippen LogP contribution in [0.4, 0.5) is 0 Å². The van der Waals surface area contributed by atoms with Crippen LogP contribution in [-0.4, -0.2) is 5.78 Å². The topological polar surface area (TPSA) is 17.1 Å². The van der Waals surface area contributed by atoms with Gasteiger partial charge in [-0.1, -0.05) is 54.1 Å². The number of ketones is 1. The Labute approximate surface area is 140 Å². The number of carbonyl (C=O) groups excluding carboxylic acids is 1. The first kappa shape index (κ1) is 17.2. The largest absolute Gasteiger partial charge is 0.289 e. The fraction of sp³-hybridized carbons (Fsp3) is 0.318. The quantitative estimate of drug-likeness (QED) is 0.584. The number of benzene rings is 1. The lowest BCUT2D eigenvalue weighted by atomic mass is 9.81. The number of carbonyl (C=O) groups is 1. The van der Waals surface area contributed by atoms with E-state index in [9.17, 15) is 4.79 Å². The molecule has 0 bridgehead atoms. The summed E-state index contributed by atoms with van der Waals surface area (Å²) in [5.74, 6) is 0.152. The second-order valence-corrected chi connectivity index (χ2v) is 6.53. The summed E-state index contributed by atoms with van der Waals surface area (Å²) >= 11 is 0. The van der Waals surface area contributed by atoms with Gasteiger partial charge in [-0.2, -0.15) is 0 Å². The van der Waals surface area contributed by atoms with E-state index in [4.69, 9.17) is 0 Å². The molecular weight excluding hydrogens is 280 g/mol. The molecule has 120 valence electrons. The Balaban J connectivity index is 2.17. The molecule has 0 amide bonds. The molecule has 0 radical (unpaired) electrons. The maximum absolute atomic E-state index is 12.8. The van der Waals surface area contributed by atoms with Crippen LogP contribution in [0.5, 0.6) is 0 Å². The molecule has 1 nitrogen and oxygen atoms in total. The SMILES string of the molecule is C=C1C(C)=C(C/C=C(\C)CCC=C(C)C)C(=O)c2ccccc21. The van der Waals surface area contributed by atoms with Gasteiger partial charge in [0.15, 0.2) is 5.78 Å². The maximum atomic E-state index is 12.8. The number of allylic oxidation sites excluding steroid dienone is 7. The van der Waals surface area contributed by atoms with Crippen molar-refractivity contribution in [3.8, 4) is 0 Å². The molecule has 0 atom stereocenters. The molecular formula is C22H26O. The predicted octanol–water partition coefficient (Wildman–Crippen LogP) is 6.30. The Morgan fingerprint density at radius 2 is 1.74 bits per heavy atom. The van der Waals surface area contributed by atoms with Crippen LogP contribution in [0.3, 0.4) is 0 Å². The summed E-state index contributed by atoms with van der Waals surface area (Å²) in [5, 5.41) is 0. The van der Waals surface area contributed by atoms with Gasteiger partial charge >= 0.3 is 0 Å². The zero-order chi connectivity index (χ0) is 17.0. The van der Waals surface area contributed by atoms with Crippen molar-refractivity contribution in [1.82, 2.24) is 0 Å². The summed E-state index contributed by atoms with van der Waals surface area (Å²) < 4.78 is 0. The monoisotopic (exact) mass is 306 g/mol. The third-order valence-electron chi connectivity index (χ3n) is 4.42. The first-order valence-corrected chi connectivity index (χ1v) is 8.24. The van der Waals surface area contributed by atoms with Gasteiger partial charge in [-0.05, 0) is 63.7 Å². The van der Waals surface area contributed by atoms with Crippen molar-refractivity contribution >= 4 is 11.4 Å². The summed E-state index contributed by atoms with van der Waals surface area (Å²) in [6.45, 7) is 12.6. The number of rotatable bonds is 5.